The minimum atomic E-state index is -2.52. The van der Waals surface area contributed by atoms with Gasteiger partial charge in [-0.25, -0.2) is 4.98 Å². The fraction of sp³-hybridized carbons (Fsp3) is 0.533. The van der Waals surface area contributed by atoms with Crippen LogP contribution in [0.5, 0.6) is 0 Å². The number of nitrogens with zero attached hydrogens (tertiary/aromatic N) is 1. The highest BCUT2D eigenvalue weighted by molar-refractivity contribution is 7.09. The summed E-state index contributed by atoms with van der Waals surface area (Å²) in [7, 11) is -4.87. The number of cyclic esters (lactones) is 1. The Morgan fingerprint density at radius 2 is 1.39 bits per heavy atom. The molecule has 7 nitrogen and oxygen atoms in total. The summed E-state index contributed by atoms with van der Waals surface area (Å²) >= 11 is 1.60. The highest BCUT2D eigenvalue weighted by Crippen LogP contribution is 2.48. The van der Waals surface area contributed by atoms with Crippen LogP contribution in [0.15, 0.2) is 126 Å². The molecule has 1 unspecified atom stereocenters. The lowest BCUT2D eigenvalue weighted by molar-refractivity contribution is -0.155. The van der Waals surface area contributed by atoms with Crippen LogP contribution < -0.4 is 0 Å². The largest absolute Gasteiger partial charge is 0.457 e. The maximum absolute atomic E-state index is 14.9. The summed E-state index contributed by atoms with van der Waals surface area (Å²) in [6.45, 7) is 37.6. The zero-order valence-electron chi connectivity index (χ0n) is 45.4. The molecule has 0 saturated carbocycles. The van der Waals surface area contributed by atoms with E-state index in [2.05, 4.69) is 174 Å². The average Bonchev–Trinajstić information content (AvgIpc) is 3.72. The van der Waals surface area contributed by atoms with Crippen molar-refractivity contribution in [3.63, 3.8) is 0 Å². The number of aliphatic hydroxyl groups is 1. The van der Waals surface area contributed by atoms with Gasteiger partial charge in [-0.2, -0.15) is 0 Å². The summed E-state index contributed by atoms with van der Waals surface area (Å²) in [5, 5.41) is 15.9. The van der Waals surface area contributed by atoms with Crippen LogP contribution in [-0.2, 0) is 28.7 Å². The molecule has 2 heterocycles. The Labute approximate surface area is 429 Å². The zero-order valence-corrected chi connectivity index (χ0v) is 48.3. The number of hydrogen-bond acceptors (Lipinski definition) is 8. The van der Waals surface area contributed by atoms with Gasteiger partial charge < -0.3 is 23.4 Å². The van der Waals surface area contributed by atoms with Gasteiger partial charge in [0, 0.05) is 23.1 Å². The van der Waals surface area contributed by atoms with Crippen molar-refractivity contribution in [2.75, 3.05) is 6.61 Å². The Morgan fingerprint density at radius 1 is 0.871 bits per heavy atom. The zero-order chi connectivity index (χ0) is 51.7. The number of aromatic nitrogens is 1. The van der Waals surface area contributed by atoms with Gasteiger partial charge in [0.2, 0.25) is 0 Å². The number of allylic oxidation sites excluding steroid dienone is 1. The van der Waals surface area contributed by atoms with Crippen LogP contribution in [0.3, 0.4) is 0 Å². The molecular formula is C60H87NO6SSi2. The quantitative estimate of drug-likeness (QED) is 0.0583. The van der Waals surface area contributed by atoms with Gasteiger partial charge in [-0.05, 0) is 116 Å². The van der Waals surface area contributed by atoms with Crippen LogP contribution in [0.4, 0.5) is 0 Å². The molecule has 0 fully saturated rings. The van der Waals surface area contributed by atoms with Crippen molar-refractivity contribution in [1.29, 1.82) is 0 Å². The molecule has 382 valence electrons. The van der Waals surface area contributed by atoms with Gasteiger partial charge in [-0.15, -0.1) is 17.9 Å². The smallest absolute Gasteiger partial charge is 0.309 e. The van der Waals surface area contributed by atoms with Gasteiger partial charge in [-0.1, -0.05) is 165 Å². The monoisotopic (exact) mass is 1010 g/mol. The van der Waals surface area contributed by atoms with Crippen LogP contribution in [0.1, 0.15) is 135 Å². The number of aliphatic hydroxyl groups excluding tert-OH is 1. The summed E-state index contributed by atoms with van der Waals surface area (Å²) < 4.78 is 29.0. The predicted octanol–water partition coefficient (Wildman–Crippen LogP) is 15.7. The molecule has 4 aromatic rings. The Bertz CT molecular complexity index is 2250. The second-order valence-corrected chi connectivity index (χ2v) is 34.0. The molecule has 1 N–H and O–H groups in total. The minimum Gasteiger partial charge on any atom is -0.457 e. The van der Waals surface area contributed by atoms with Crippen molar-refractivity contribution in [3.8, 4) is 0 Å². The Balaban J connectivity index is 1.69. The van der Waals surface area contributed by atoms with Gasteiger partial charge in [0.1, 0.15) is 11.7 Å². The maximum Gasteiger partial charge on any atom is 0.309 e. The van der Waals surface area contributed by atoms with Gasteiger partial charge in [0.05, 0.1) is 42.0 Å². The van der Waals surface area contributed by atoms with E-state index < -0.39 is 46.0 Å². The van der Waals surface area contributed by atoms with Gasteiger partial charge in [0.15, 0.2) is 16.6 Å². The second-order valence-electron chi connectivity index (χ2n) is 23.4. The van der Waals surface area contributed by atoms with Gasteiger partial charge >= 0.3 is 5.97 Å². The molecule has 7 atom stereocenters. The van der Waals surface area contributed by atoms with Crippen LogP contribution in [0.25, 0.3) is 6.08 Å². The molecular weight excluding hydrogens is 919 g/mol. The van der Waals surface area contributed by atoms with Crippen LogP contribution in [0, 0.1) is 24.2 Å². The summed E-state index contributed by atoms with van der Waals surface area (Å²) in [6.07, 6.45) is 7.10. The molecule has 70 heavy (non-hydrogen) atoms. The third-order valence-electron chi connectivity index (χ3n) is 16.0. The van der Waals surface area contributed by atoms with E-state index in [1.807, 2.05) is 49.6 Å². The predicted molar refractivity (Wildman–Crippen MR) is 298 cm³/mol. The Kier molecular flexibility index (Phi) is 19.5. The third-order valence-corrected chi connectivity index (χ3v) is 25.7. The van der Waals surface area contributed by atoms with E-state index in [1.54, 1.807) is 11.3 Å². The minimum absolute atomic E-state index is 0.0308. The normalized spacial score (nSPS) is 25.2. The highest BCUT2D eigenvalue weighted by atomic mass is 32.1. The number of rotatable bonds is 14. The summed E-state index contributed by atoms with van der Waals surface area (Å²) in [5.41, 5.74) is 4.16. The third kappa shape index (κ3) is 13.8. The van der Waals surface area contributed by atoms with Crippen molar-refractivity contribution in [2.45, 2.75) is 181 Å². The topological polar surface area (TPSA) is 87.1 Å². The number of carbonyl (C=O) groups excluding carboxylic acids is 1. The summed E-state index contributed by atoms with van der Waals surface area (Å²) in [5.74, 6) is -0.573. The van der Waals surface area contributed by atoms with E-state index in [-0.39, 0.29) is 40.4 Å². The average molecular weight is 1010 g/mol. The van der Waals surface area contributed by atoms with E-state index >= 15 is 0 Å². The molecule has 1 aromatic heterocycles. The molecule has 0 saturated heterocycles. The van der Waals surface area contributed by atoms with E-state index in [0.717, 1.165) is 57.8 Å². The van der Waals surface area contributed by atoms with Crippen LogP contribution >= 0.6 is 11.3 Å². The fourth-order valence-electron chi connectivity index (χ4n) is 9.48. The Hall–Kier alpha value is -3.75. The number of hydrogen-bond donors (Lipinski definition) is 1. The standard InChI is InChI=1S/C60H87NO6SSi2/c1-17-38-59(12)53(66-69(13,14)57(6,7)8)40-54(62)65-52(44(3)39-51-42-68-46(5)61-51)37-36-47(29-27-28-43(2)55(45(4)56(59)63)67-70(15,16)58(9,10)11)41-64-60(48-30-21-18-22-31-48,49-32-23-19-24-33-49)50-34-25-20-26-35-50/h17-26,30-36,39,42-43,45,52-53,55-56,63H,1,27-29,37-38,40-41H2,2-16H3/b44-39+,47-36+/t43-,45+,52-,53-,55-,56?,59+/m0/s1. The van der Waals surface area contributed by atoms with Crippen molar-refractivity contribution in [1.82, 2.24) is 4.98 Å². The van der Waals surface area contributed by atoms with E-state index in [1.165, 1.54) is 0 Å². The van der Waals surface area contributed by atoms with Crippen molar-refractivity contribution in [3.05, 3.63) is 154 Å². The van der Waals surface area contributed by atoms with E-state index in [4.69, 9.17) is 23.3 Å². The maximum atomic E-state index is 14.9. The number of benzene rings is 3. The molecule has 0 bridgehead atoms. The lowest BCUT2D eigenvalue weighted by Gasteiger charge is -2.50. The number of ether oxygens (including phenoxy) is 2. The SMILES string of the molecule is C=CC[C@@]1(C)C(O)[C@H](C)[C@@H](O[Si](C)(C)C(C)(C)C)[C@@H](C)CCC/C(COC(c2ccccc2)(c2ccccc2)c2ccccc2)=C\C[C@@H](/C(C)=C/c2csc(C)n2)OC(=O)C[C@@H]1O[Si](C)(C)C(C)(C)C. The number of esters is 1. The molecule has 0 spiro atoms. The molecule has 10 heteroatoms. The molecule has 0 amide bonds. The van der Waals surface area contributed by atoms with Gasteiger partial charge in [0.25, 0.3) is 0 Å². The van der Waals surface area contributed by atoms with Gasteiger partial charge in [-0.3, -0.25) is 4.79 Å². The van der Waals surface area contributed by atoms with Crippen molar-refractivity contribution >= 4 is 40.0 Å². The first-order valence-corrected chi connectivity index (χ1v) is 32.4. The first-order valence-electron chi connectivity index (χ1n) is 25.7. The van der Waals surface area contributed by atoms with E-state index in [0.29, 0.717) is 19.4 Å². The fourth-order valence-corrected chi connectivity index (χ4v) is 13.0. The Morgan fingerprint density at radius 3 is 1.86 bits per heavy atom. The molecule has 1 aliphatic heterocycles. The van der Waals surface area contributed by atoms with Crippen LogP contribution in [0.2, 0.25) is 36.3 Å². The summed E-state index contributed by atoms with van der Waals surface area (Å²) in [4.78, 5) is 19.6. The molecule has 1 aliphatic rings. The van der Waals surface area contributed by atoms with Crippen molar-refractivity contribution < 1.29 is 28.2 Å². The first kappa shape index (κ1) is 57.2. The number of thiazole rings is 1. The lowest BCUT2D eigenvalue weighted by Crippen LogP contribution is -2.57. The molecule has 5 rings (SSSR count). The summed E-state index contributed by atoms with van der Waals surface area (Å²) in [6, 6.07) is 31.5. The number of carbonyl (C=O) groups is 1. The lowest BCUT2D eigenvalue weighted by atomic mass is 9.68. The van der Waals surface area contributed by atoms with Crippen molar-refractivity contribution in [2.24, 2.45) is 17.3 Å². The molecule has 0 radical (unpaired) electrons. The highest BCUT2D eigenvalue weighted by Gasteiger charge is 2.52. The first-order chi connectivity index (χ1) is 32.8. The number of aryl methyl sites for hydroxylation is 1. The molecule has 3 aromatic carbocycles. The second kappa shape index (κ2) is 23.9. The van der Waals surface area contributed by atoms with E-state index in [9.17, 15) is 9.90 Å². The molecule has 0 aliphatic carbocycles. The van der Waals surface area contributed by atoms with Crippen LogP contribution in [-0.4, -0.2) is 63.7 Å².